The lowest BCUT2D eigenvalue weighted by Crippen LogP contribution is -2.15. The van der Waals surface area contributed by atoms with Crippen LogP contribution in [0.15, 0.2) is 48.5 Å². The molecule has 0 unspecified atom stereocenters. The molecular formula is C15H12N4O. The van der Waals surface area contributed by atoms with Crippen LogP contribution >= 0.6 is 0 Å². The number of hydrogen-bond acceptors (Lipinski definition) is 4. The lowest BCUT2D eigenvalue weighted by molar-refractivity contribution is 0.0995. The van der Waals surface area contributed by atoms with Crippen molar-refractivity contribution < 1.29 is 4.79 Å². The van der Waals surface area contributed by atoms with E-state index in [9.17, 15) is 4.79 Å². The van der Waals surface area contributed by atoms with Crippen LogP contribution in [0.5, 0.6) is 0 Å². The van der Waals surface area contributed by atoms with Gasteiger partial charge in [-0.25, -0.2) is 9.97 Å². The zero-order chi connectivity index (χ0) is 14.1. The van der Waals surface area contributed by atoms with E-state index in [1.165, 1.54) is 0 Å². The fraction of sp³-hybridized carbons (Fsp3) is 0. The largest absolute Gasteiger partial charge is 0.368 e. The summed E-state index contributed by atoms with van der Waals surface area (Å²) >= 11 is 0. The van der Waals surface area contributed by atoms with Gasteiger partial charge in [-0.15, -0.1) is 0 Å². The van der Waals surface area contributed by atoms with Crippen LogP contribution < -0.4 is 11.5 Å². The number of aromatic nitrogens is 2. The van der Waals surface area contributed by atoms with Crippen LogP contribution in [0.25, 0.3) is 22.0 Å². The monoisotopic (exact) mass is 264 g/mol. The van der Waals surface area contributed by atoms with E-state index in [1.54, 1.807) is 6.07 Å². The third-order valence-electron chi connectivity index (χ3n) is 3.04. The Labute approximate surface area is 115 Å². The second kappa shape index (κ2) is 4.62. The maximum absolute atomic E-state index is 11.2. The van der Waals surface area contributed by atoms with Gasteiger partial charge in [0.25, 0.3) is 5.91 Å². The average Bonchev–Trinajstić information content (AvgIpc) is 2.46. The highest BCUT2D eigenvalue weighted by atomic mass is 16.1. The highest BCUT2D eigenvalue weighted by Gasteiger charge is 2.09. The summed E-state index contributed by atoms with van der Waals surface area (Å²) in [5, 5.41) is 2.22. The fourth-order valence-electron chi connectivity index (χ4n) is 2.09. The second-order valence-corrected chi connectivity index (χ2v) is 4.42. The molecule has 0 fully saturated rings. The number of benzene rings is 2. The predicted molar refractivity (Wildman–Crippen MR) is 77.9 cm³/mol. The number of nitrogens with zero attached hydrogens (tertiary/aromatic N) is 2. The van der Waals surface area contributed by atoms with E-state index in [2.05, 4.69) is 9.97 Å². The number of fused-ring (bicyclic) bond motifs is 1. The number of nitrogen functional groups attached to an aromatic ring is 1. The highest BCUT2D eigenvalue weighted by molar-refractivity contribution is 5.93. The van der Waals surface area contributed by atoms with E-state index in [-0.39, 0.29) is 11.6 Å². The zero-order valence-corrected chi connectivity index (χ0v) is 10.6. The second-order valence-electron chi connectivity index (χ2n) is 4.42. The van der Waals surface area contributed by atoms with Gasteiger partial charge < -0.3 is 11.5 Å². The first kappa shape index (κ1) is 12.1. The fourth-order valence-corrected chi connectivity index (χ4v) is 2.09. The minimum Gasteiger partial charge on any atom is -0.368 e. The standard InChI is InChI=1S/C15H12N4O/c16-14(20)13-8-12(18-15(17)19-13)11-6-5-9-3-1-2-4-10(9)7-11/h1-8H,(H2,16,20)(H2,17,18,19). The first-order valence-electron chi connectivity index (χ1n) is 6.07. The molecule has 0 spiro atoms. The Balaban J connectivity index is 2.17. The van der Waals surface area contributed by atoms with Crippen molar-refractivity contribution in [2.45, 2.75) is 0 Å². The van der Waals surface area contributed by atoms with Gasteiger partial charge in [0.15, 0.2) is 0 Å². The van der Waals surface area contributed by atoms with E-state index >= 15 is 0 Å². The van der Waals surface area contributed by atoms with Gasteiger partial charge in [0.1, 0.15) is 5.69 Å². The van der Waals surface area contributed by atoms with Crippen LogP contribution in [0.4, 0.5) is 5.95 Å². The van der Waals surface area contributed by atoms with E-state index in [0.29, 0.717) is 5.69 Å². The molecule has 98 valence electrons. The molecule has 0 bridgehead atoms. The van der Waals surface area contributed by atoms with Gasteiger partial charge in [-0.2, -0.15) is 0 Å². The van der Waals surface area contributed by atoms with Gasteiger partial charge in [0, 0.05) is 5.56 Å². The van der Waals surface area contributed by atoms with E-state index in [1.807, 2.05) is 42.5 Å². The van der Waals surface area contributed by atoms with Gasteiger partial charge in [0.2, 0.25) is 5.95 Å². The SMILES string of the molecule is NC(=O)c1cc(-c2ccc3ccccc3c2)nc(N)n1. The summed E-state index contributed by atoms with van der Waals surface area (Å²) in [6.45, 7) is 0. The van der Waals surface area contributed by atoms with Crippen LogP contribution in [0.1, 0.15) is 10.5 Å². The molecule has 3 rings (SSSR count). The number of carbonyl (C=O) groups is 1. The van der Waals surface area contributed by atoms with Crippen LogP contribution in [-0.4, -0.2) is 15.9 Å². The molecule has 3 aromatic rings. The van der Waals surface area contributed by atoms with Crippen LogP contribution in [0, 0.1) is 0 Å². The third kappa shape index (κ3) is 2.16. The molecule has 0 saturated carbocycles. The van der Waals surface area contributed by atoms with Gasteiger partial charge >= 0.3 is 0 Å². The van der Waals surface area contributed by atoms with Crippen molar-refractivity contribution in [1.29, 1.82) is 0 Å². The smallest absolute Gasteiger partial charge is 0.267 e. The van der Waals surface area contributed by atoms with Crippen molar-refractivity contribution in [2.24, 2.45) is 5.73 Å². The maximum Gasteiger partial charge on any atom is 0.267 e. The van der Waals surface area contributed by atoms with Gasteiger partial charge in [0.05, 0.1) is 5.69 Å². The van der Waals surface area contributed by atoms with Crippen molar-refractivity contribution in [2.75, 3.05) is 5.73 Å². The molecule has 1 aromatic heterocycles. The molecular weight excluding hydrogens is 252 g/mol. The van der Waals surface area contributed by atoms with Gasteiger partial charge in [-0.3, -0.25) is 4.79 Å². The molecule has 0 atom stereocenters. The topological polar surface area (TPSA) is 94.9 Å². The molecule has 0 saturated heterocycles. The van der Waals surface area contributed by atoms with E-state index < -0.39 is 5.91 Å². The number of anilines is 1. The number of hydrogen-bond donors (Lipinski definition) is 2. The minimum atomic E-state index is -0.624. The van der Waals surface area contributed by atoms with Gasteiger partial charge in [-0.1, -0.05) is 36.4 Å². The molecule has 1 heterocycles. The molecule has 0 radical (unpaired) electrons. The Hall–Kier alpha value is -2.95. The first-order chi connectivity index (χ1) is 9.63. The van der Waals surface area contributed by atoms with Crippen LogP contribution in [-0.2, 0) is 0 Å². The summed E-state index contributed by atoms with van der Waals surface area (Å²) in [4.78, 5) is 19.2. The Morgan fingerprint density at radius 2 is 1.70 bits per heavy atom. The number of rotatable bonds is 2. The Morgan fingerprint density at radius 1 is 0.950 bits per heavy atom. The molecule has 5 heteroatoms. The predicted octanol–water partition coefficient (Wildman–Crippen LogP) is 1.98. The van der Waals surface area contributed by atoms with Gasteiger partial charge in [-0.05, 0) is 22.9 Å². The quantitative estimate of drug-likeness (QED) is 0.739. The first-order valence-corrected chi connectivity index (χ1v) is 6.07. The third-order valence-corrected chi connectivity index (χ3v) is 3.04. The molecule has 2 aromatic carbocycles. The molecule has 5 nitrogen and oxygen atoms in total. The Kier molecular flexibility index (Phi) is 2.80. The van der Waals surface area contributed by atoms with Crippen LogP contribution in [0.3, 0.4) is 0 Å². The van der Waals surface area contributed by atoms with Crippen molar-refractivity contribution >= 4 is 22.6 Å². The molecule has 4 N–H and O–H groups in total. The van der Waals surface area contributed by atoms with Crippen molar-refractivity contribution in [3.63, 3.8) is 0 Å². The molecule has 0 aliphatic heterocycles. The highest BCUT2D eigenvalue weighted by Crippen LogP contribution is 2.23. The molecule has 0 aliphatic rings. The summed E-state index contributed by atoms with van der Waals surface area (Å²) in [5.41, 5.74) is 12.4. The van der Waals surface area contributed by atoms with Crippen molar-refractivity contribution in [3.05, 3.63) is 54.2 Å². The summed E-state index contributed by atoms with van der Waals surface area (Å²) in [6.07, 6.45) is 0. The van der Waals surface area contributed by atoms with Crippen molar-refractivity contribution in [1.82, 2.24) is 9.97 Å². The number of nitrogens with two attached hydrogens (primary N) is 2. The summed E-state index contributed by atoms with van der Waals surface area (Å²) in [6, 6.07) is 15.4. The van der Waals surface area contributed by atoms with Crippen LogP contribution in [0.2, 0.25) is 0 Å². The molecule has 0 aliphatic carbocycles. The number of primary amides is 1. The van der Waals surface area contributed by atoms with E-state index in [4.69, 9.17) is 11.5 Å². The lowest BCUT2D eigenvalue weighted by Gasteiger charge is -2.05. The summed E-state index contributed by atoms with van der Waals surface area (Å²) in [7, 11) is 0. The molecule has 20 heavy (non-hydrogen) atoms. The Bertz CT molecular complexity index is 814. The number of carbonyl (C=O) groups excluding carboxylic acids is 1. The molecule has 1 amide bonds. The Morgan fingerprint density at radius 3 is 2.45 bits per heavy atom. The normalized spacial score (nSPS) is 10.6. The average molecular weight is 264 g/mol. The zero-order valence-electron chi connectivity index (χ0n) is 10.6. The lowest BCUT2D eigenvalue weighted by atomic mass is 10.0. The summed E-state index contributed by atoms with van der Waals surface area (Å²) < 4.78 is 0. The van der Waals surface area contributed by atoms with E-state index in [0.717, 1.165) is 16.3 Å². The van der Waals surface area contributed by atoms with Crippen molar-refractivity contribution in [3.8, 4) is 11.3 Å². The maximum atomic E-state index is 11.2. The minimum absolute atomic E-state index is 0.0319. The number of amides is 1. The summed E-state index contributed by atoms with van der Waals surface area (Å²) in [5.74, 6) is -0.592.